The lowest BCUT2D eigenvalue weighted by Gasteiger charge is -2.30. The molecular weight excluding hydrogens is 326 g/mol. The van der Waals surface area contributed by atoms with Crippen molar-refractivity contribution in [2.24, 2.45) is 5.92 Å². The number of hydrogen-bond donors (Lipinski definition) is 1. The maximum atomic E-state index is 12.9. The average molecular weight is 357 g/mol. The summed E-state index contributed by atoms with van der Waals surface area (Å²) in [5, 5.41) is 3.18. The molecule has 1 atom stereocenters. The molecule has 5 heteroatoms. The van der Waals surface area contributed by atoms with Gasteiger partial charge >= 0.3 is 6.03 Å². The number of carbonyl (C=O) groups is 1. The van der Waals surface area contributed by atoms with Crippen molar-refractivity contribution >= 4 is 17.4 Å². The van der Waals surface area contributed by atoms with E-state index < -0.39 is 0 Å². The second-order valence-electron chi connectivity index (χ2n) is 7.98. The number of ether oxygens (including phenoxy) is 1. The van der Waals surface area contributed by atoms with E-state index in [1.807, 2.05) is 0 Å². The number of urea groups is 1. The van der Waals surface area contributed by atoms with Crippen LogP contribution in [0.3, 0.4) is 0 Å². The van der Waals surface area contributed by atoms with E-state index >= 15 is 0 Å². The van der Waals surface area contributed by atoms with Crippen molar-refractivity contribution in [2.75, 3.05) is 43.1 Å². The molecule has 3 aliphatic rings. The van der Waals surface area contributed by atoms with Crippen LogP contribution in [0.4, 0.5) is 16.2 Å². The number of amides is 2. The molecule has 1 aromatic rings. The van der Waals surface area contributed by atoms with Gasteiger partial charge in [0.1, 0.15) is 0 Å². The van der Waals surface area contributed by atoms with Crippen molar-refractivity contribution in [3.8, 4) is 0 Å². The minimum absolute atomic E-state index is 0.0848. The number of benzene rings is 1. The Bertz CT molecular complexity index is 636. The van der Waals surface area contributed by atoms with Crippen LogP contribution < -0.4 is 10.2 Å². The fraction of sp³-hybridized carbons (Fsp3) is 0.667. The molecule has 2 heterocycles. The van der Waals surface area contributed by atoms with Gasteiger partial charge in [0.2, 0.25) is 0 Å². The van der Waals surface area contributed by atoms with Crippen molar-refractivity contribution in [1.29, 1.82) is 0 Å². The number of aryl methyl sites for hydroxylation is 1. The van der Waals surface area contributed by atoms with Crippen molar-refractivity contribution in [3.63, 3.8) is 0 Å². The molecule has 1 N–H and O–H groups in total. The second-order valence-corrected chi connectivity index (χ2v) is 7.98. The minimum atomic E-state index is 0.0848. The van der Waals surface area contributed by atoms with Crippen molar-refractivity contribution in [1.82, 2.24) is 4.90 Å². The van der Waals surface area contributed by atoms with Crippen LogP contribution in [-0.4, -0.2) is 49.8 Å². The zero-order valence-corrected chi connectivity index (χ0v) is 15.9. The van der Waals surface area contributed by atoms with Crippen molar-refractivity contribution in [3.05, 3.63) is 23.8 Å². The van der Waals surface area contributed by atoms with Crippen LogP contribution in [0, 0.1) is 12.8 Å². The van der Waals surface area contributed by atoms with Gasteiger partial charge < -0.3 is 19.9 Å². The van der Waals surface area contributed by atoms with E-state index in [2.05, 4.69) is 40.2 Å². The van der Waals surface area contributed by atoms with Crippen LogP contribution in [0.5, 0.6) is 0 Å². The van der Waals surface area contributed by atoms with E-state index in [0.29, 0.717) is 12.0 Å². The number of hydrogen-bond acceptors (Lipinski definition) is 3. The van der Waals surface area contributed by atoms with Gasteiger partial charge in [-0.3, -0.25) is 0 Å². The second kappa shape index (κ2) is 7.87. The summed E-state index contributed by atoms with van der Waals surface area (Å²) >= 11 is 0. The van der Waals surface area contributed by atoms with Gasteiger partial charge in [-0.15, -0.1) is 0 Å². The topological polar surface area (TPSA) is 44.8 Å². The molecule has 0 bridgehead atoms. The van der Waals surface area contributed by atoms with Gasteiger partial charge in [-0.1, -0.05) is 12.8 Å². The molecule has 0 radical (unpaired) electrons. The number of nitrogens with zero attached hydrogens (tertiary/aromatic N) is 2. The summed E-state index contributed by atoms with van der Waals surface area (Å²) < 4.78 is 5.43. The highest BCUT2D eigenvalue weighted by Gasteiger charge is 2.36. The maximum Gasteiger partial charge on any atom is 0.322 e. The molecule has 1 unspecified atom stereocenters. The number of rotatable bonds is 3. The first kappa shape index (κ1) is 17.7. The molecule has 142 valence electrons. The highest BCUT2D eigenvalue weighted by Crippen LogP contribution is 2.35. The molecule has 0 spiro atoms. The highest BCUT2D eigenvalue weighted by atomic mass is 16.5. The van der Waals surface area contributed by atoms with E-state index in [4.69, 9.17) is 4.74 Å². The summed E-state index contributed by atoms with van der Waals surface area (Å²) in [6.45, 7) is 6.42. The number of carbonyl (C=O) groups excluding carboxylic acids is 1. The first-order chi connectivity index (χ1) is 12.7. The number of likely N-dealkylation sites (tertiary alicyclic amines) is 1. The largest absolute Gasteiger partial charge is 0.378 e. The Hall–Kier alpha value is -1.75. The van der Waals surface area contributed by atoms with Crippen LogP contribution in [0.2, 0.25) is 0 Å². The summed E-state index contributed by atoms with van der Waals surface area (Å²) in [5.74, 6) is 0.716. The van der Waals surface area contributed by atoms with Gasteiger partial charge in [0.25, 0.3) is 0 Å². The lowest BCUT2D eigenvalue weighted by molar-refractivity contribution is 0.122. The Morgan fingerprint density at radius 2 is 1.85 bits per heavy atom. The van der Waals surface area contributed by atoms with Crippen molar-refractivity contribution < 1.29 is 9.53 Å². The van der Waals surface area contributed by atoms with E-state index in [0.717, 1.165) is 50.5 Å². The minimum Gasteiger partial charge on any atom is -0.378 e. The predicted octanol–water partition coefficient (Wildman–Crippen LogP) is 4.02. The first-order valence-corrected chi connectivity index (χ1v) is 10.2. The standard InChI is InChI=1S/C21H31N3O2/c1-16-15-18(23-11-13-26-14-12-23)8-9-19(16)22-21(25)24-10-4-7-20(24)17-5-2-3-6-17/h8-9,15,17,20H,2-7,10-14H2,1H3,(H,22,25). The third-order valence-electron chi connectivity index (χ3n) is 6.33. The van der Waals surface area contributed by atoms with E-state index in [-0.39, 0.29) is 6.03 Å². The van der Waals surface area contributed by atoms with Crippen LogP contribution in [0.15, 0.2) is 18.2 Å². The molecule has 0 aromatic heterocycles. The summed E-state index contributed by atoms with van der Waals surface area (Å²) in [5.41, 5.74) is 3.27. The normalized spacial score (nSPS) is 24.3. The summed E-state index contributed by atoms with van der Waals surface area (Å²) in [6.07, 6.45) is 7.57. The molecule has 1 saturated carbocycles. The zero-order chi connectivity index (χ0) is 17.9. The van der Waals surface area contributed by atoms with Crippen molar-refractivity contribution in [2.45, 2.75) is 51.5 Å². The Kier molecular flexibility index (Phi) is 5.34. The number of nitrogens with one attached hydrogen (secondary N) is 1. The fourth-order valence-electron chi connectivity index (χ4n) is 4.87. The third-order valence-corrected chi connectivity index (χ3v) is 6.33. The Morgan fingerprint density at radius 1 is 1.08 bits per heavy atom. The summed E-state index contributed by atoms with van der Waals surface area (Å²) in [6, 6.07) is 6.89. The first-order valence-electron chi connectivity index (χ1n) is 10.2. The van der Waals surface area contributed by atoms with E-state index in [9.17, 15) is 4.79 Å². The van der Waals surface area contributed by atoms with Crippen LogP contribution in [0.25, 0.3) is 0 Å². The predicted molar refractivity (Wildman–Crippen MR) is 105 cm³/mol. The van der Waals surface area contributed by atoms with Crippen LogP contribution in [0.1, 0.15) is 44.1 Å². The molecule has 3 fully saturated rings. The van der Waals surface area contributed by atoms with Crippen LogP contribution >= 0.6 is 0 Å². The highest BCUT2D eigenvalue weighted by molar-refractivity contribution is 5.91. The monoisotopic (exact) mass is 357 g/mol. The molecule has 5 nitrogen and oxygen atoms in total. The van der Waals surface area contributed by atoms with Gasteiger partial charge in [0, 0.05) is 37.1 Å². The molecule has 4 rings (SSSR count). The van der Waals surface area contributed by atoms with E-state index in [1.54, 1.807) is 0 Å². The lowest BCUT2D eigenvalue weighted by Crippen LogP contribution is -2.42. The van der Waals surface area contributed by atoms with E-state index in [1.165, 1.54) is 37.8 Å². The van der Waals surface area contributed by atoms with Gasteiger partial charge in [-0.2, -0.15) is 0 Å². The fourth-order valence-corrected chi connectivity index (χ4v) is 4.87. The Balaban J connectivity index is 1.42. The van der Waals surface area contributed by atoms with Gasteiger partial charge in [0.05, 0.1) is 13.2 Å². The van der Waals surface area contributed by atoms with Crippen LogP contribution in [-0.2, 0) is 4.74 Å². The van der Waals surface area contributed by atoms with Gasteiger partial charge in [0.15, 0.2) is 0 Å². The average Bonchev–Trinajstić information content (AvgIpc) is 3.35. The van der Waals surface area contributed by atoms with Gasteiger partial charge in [-0.25, -0.2) is 4.79 Å². The molecule has 26 heavy (non-hydrogen) atoms. The molecule has 1 aliphatic carbocycles. The lowest BCUT2D eigenvalue weighted by atomic mass is 9.96. The third kappa shape index (κ3) is 3.68. The zero-order valence-electron chi connectivity index (χ0n) is 15.9. The molecule has 1 aromatic carbocycles. The smallest absolute Gasteiger partial charge is 0.322 e. The molecular formula is C21H31N3O2. The number of morpholine rings is 1. The Labute approximate surface area is 156 Å². The molecule has 2 aliphatic heterocycles. The SMILES string of the molecule is Cc1cc(N2CCOCC2)ccc1NC(=O)N1CCCC1C1CCCC1. The number of anilines is 2. The van der Waals surface area contributed by atoms with Gasteiger partial charge in [-0.05, 0) is 62.3 Å². The summed E-state index contributed by atoms with van der Waals surface area (Å²) in [7, 11) is 0. The quantitative estimate of drug-likeness (QED) is 0.889. The summed E-state index contributed by atoms with van der Waals surface area (Å²) in [4.78, 5) is 17.4. The molecule has 2 amide bonds. The Morgan fingerprint density at radius 3 is 2.58 bits per heavy atom. The molecule has 2 saturated heterocycles. The maximum absolute atomic E-state index is 12.9.